The molecule has 1 heterocycles. The van der Waals surface area contributed by atoms with Gasteiger partial charge in [0.25, 0.3) is 5.56 Å². The second-order valence-electron chi connectivity index (χ2n) is 4.25. The Bertz CT molecular complexity index is 764. The maximum Gasteiger partial charge on any atom is 0.419 e. The van der Waals surface area contributed by atoms with E-state index in [1.807, 2.05) is 0 Å². The summed E-state index contributed by atoms with van der Waals surface area (Å²) in [6.45, 7) is 0.606. The lowest BCUT2D eigenvalue weighted by atomic mass is 10.1. The summed E-state index contributed by atoms with van der Waals surface area (Å²) in [5.74, 6) is -2.18. The summed E-state index contributed by atoms with van der Waals surface area (Å²) in [5, 5.41) is 0.00970. The molecule has 0 atom stereocenters. The topological polar surface area (TPSA) is 48.3 Å². The van der Waals surface area contributed by atoms with Gasteiger partial charge in [-0.05, 0) is 23.6 Å². The van der Waals surface area contributed by atoms with E-state index in [-0.39, 0.29) is 10.9 Å². The standard InChI is InChI=1S/C13H9F4NO3/c1-7(19)21-6-18-11-5-10(14)9(13(15,16)17)4-8(11)2-3-12(18)20/h2-5H,6H2,1H3. The smallest absolute Gasteiger partial charge is 0.419 e. The van der Waals surface area contributed by atoms with Crippen LogP contribution in [0.2, 0.25) is 0 Å². The molecule has 0 saturated heterocycles. The molecule has 0 spiro atoms. The van der Waals surface area contributed by atoms with Crippen LogP contribution in [-0.2, 0) is 22.4 Å². The van der Waals surface area contributed by atoms with Crippen LogP contribution in [0.1, 0.15) is 12.5 Å². The van der Waals surface area contributed by atoms with Crippen molar-refractivity contribution in [1.29, 1.82) is 0 Å². The third-order valence-electron chi connectivity index (χ3n) is 2.78. The van der Waals surface area contributed by atoms with Crippen molar-refractivity contribution in [3.05, 3.63) is 46.0 Å². The minimum Gasteiger partial charge on any atom is -0.444 e. The molecule has 0 radical (unpaired) electrons. The lowest BCUT2D eigenvalue weighted by Gasteiger charge is -2.13. The zero-order chi connectivity index (χ0) is 15.8. The Morgan fingerprint density at radius 3 is 2.52 bits per heavy atom. The molecule has 0 saturated carbocycles. The number of carbonyl (C=O) groups excluding carboxylic acids is 1. The van der Waals surface area contributed by atoms with Crippen LogP contribution in [0.15, 0.2) is 29.1 Å². The first-order valence-electron chi connectivity index (χ1n) is 5.74. The predicted octanol–water partition coefficient (Wildman–Crippen LogP) is 2.68. The third-order valence-corrected chi connectivity index (χ3v) is 2.78. The van der Waals surface area contributed by atoms with Crippen LogP contribution < -0.4 is 5.56 Å². The fourth-order valence-electron chi connectivity index (χ4n) is 1.82. The molecule has 4 nitrogen and oxygen atoms in total. The molecule has 0 unspecified atom stereocenters. The van der Waals surface area contributed by atoms with Gasteiger partial charge in [0.15, 0.2) is 6.73 Å². The second kappa shape index (κ2) is 5.19. The first-order chi connectivity index (χ1) is 9.70. The lowest BCUT2D eigenvalue weighted by Crippen LogP contribution is -2.22. The highest BCUT2D eigenvalue weighted by molar-refractivity contribution is 5.80. The number of fused-ring (bicyclic) bond motifs is 1. The van der Waals surface area contributed by atoms with Gasteiger partial charge in [0.2, 0.25) is 0 Å². The Kier molecular flexibility index (Phi) is 3.71. The number of halogens is 4. The summed E-state index contributed by atoms with van der Waals surface area (Å²) < 4.78 is 57.0. The van der Waals surface area contributed by atoms with Crippen LogP contribution in [0.5, 0.6) is 0 Å². The highest BCUT2D eigenvalue weighted by Gasteiger charge is 2.34. The first kappa shape index (κ1) is 15.0. The average molecular weight is 303 g/mol. The Balaban J connectivity index is 2.65. The molecule has 1 aromatic carbocycles. The summed E-state index contributed by atoms with van der Waals surface area (Å²) in [7, 11) is 0. The maximum atomic E-state index is 13.6. The van der Waals surface area contributed by atoms with Crippen molar-refractivity contribution < 1.29 is 27.1 Å². The number of ether oxygens (including phenoxy) is 1. The summed E-state index contributed by atoms with van der Waals surface area (Å²) in [4.78, 5) is 22.4. The Hall–Kier alpha value is -2.38. The fraction of sp³-hybridized carbons (Fsp3) is 0.231. The third kappa shape index (κ3) is 3.04. The van der Waals surface area contributed by atoms with E-state index in [9.17, 15) is 27.2 Å². The van der Waals surface area contributed by atoms with E-state index in [0.29, 0.717) is 12.1 Å². The summed E-state index contributed by atoms with van der Waals surface area (Å²) in [6, 6.07) is 3.37. The van der Waals surface area contributed by atoms with Gasteiger partial charge < -0.3 is 4.74 Å². The van der Waals surface area contributed by atoms with Crippen LogP contribution in [0.4, 0.5) is 17.6 Å². The molecular weight excluding hydrogens is 294 g/mol. The monoisotopic (exact) mass is 303 g/mol. The van der Waals surface area contributed by atoms with Crippen LogP contribution in [0.25, 0.3) is 10.9 Å². The zero-order valence-corrected chi connectivity index (χ0v) is 10.7. The van der Waals surface area contributed by atoms with E-state index in [2.05, 4.69) is 4.74 Å². The van der Waals surface area contributed by atoms with Gasteiger partial charge >= 0.3 is 12.1 Å². The van der Waals surface area contributed by atoms with Crippen molar-refractivity contribution >= 4 is 16.9 Å². The Morgan fingerprint density at radius 1 is 1.29 bits per heavy atom. The van der Waals surface area contributed by atoms with Gasteiger partial charge in [0, 0.05) is 13.0 Å². The zero-order valence-electron chi connectivity index (χ0n) is 10.7. The molecular formula is C13H9F4NO3. The Morgan fingerprint density at radius 2 is 1.95 bits per heavy atom. The molecule has 1 aromatic heterocycles. The number of hydrogen-bond donors (Lipinski definition) is 0. The van der Waals surface area contributed by atoms with Gasteiger partial charge in [0.05, 0.1) is 11.1 Å². The average Bonchev–Trinajstić information content (AvgIpc) is 2.35. The van der Waals surface area contributed by atoms with Crippen LogP contribution in [-0.4, -0.2) is 10.5 Å². The van der Waals surface area contributed by atoms with E-state index in [1.54, 1.807) is 0 Å². The fourth-order valence-corrected chi connectivity index (χ4v) is 1.82. The number of pyridine rings is 1. The van der Waals surface area contributed by atoms with Crippen molar-refractivity contribution in [2.45, 2.75) is 19.8 Å². The molecule has 0 aliphatic carbocycles. The van der Waals surface area contributed by atoms with E-state index in [4.69, 9.17) is 0 Å². The maximum absolute atomic E-state index is 13.6. The molecule has 21 heavy (non-hydrogen) atoms. The van der Waals surface area contributed by atoms with Crippen molar-refractivity contribution in [2.24, 2.45) is 0 Å². The molecule has 2 aromatic rings. The van der Waals surface area contributed by atoms with Crippen LogP contribution in [0.3, 0.4) is 0 Å². The van der Waals surface area contributed by atoms with Crippen molar-refractivity contribution in [1.82, 2.24) is 4.57 Å². The van der Waals surface area contributed by atoms with Crippen molar-refractivity contribution in [2.75, 3.05) is 0 Å². The first-order valence-corrected chi connectivity index (χ1v) is 5.74. The van der Waals surface area contributed by atoms with E-state index in [1.165, 1.54) is 0 Å². The molecule has 0 aliphatic heterocycles. The molecule has 112 valence electrons. The number of rotatable bonds is 2. The number of nitrogens with zero attached hydrogens (tertiary/aromatic N) is 1. The minimum absolute atomic E-state index is 0.00970. The molecule has 2 rings (SSSR count). The van der Waals surface area contributed by atoms with Crippen molar-refractivity contribution in [3.63, 3.8) is 0 Å². The number of aromatic nitrogens is 1. The van der Waals surface area contributed by atoms with Gasteiger partial charge in [-0.15, -0.1) is 0 Å². The molecule has 0 amide bonds. The summed E-state index contributed by atoms with van der Waals surface area (Å²) >= 11 is 0. The van der Waals surface area contributed by atoms with Crippen LogP contribution in [0, 0.1) is 5.82 Å². The van der Waals surface area contributed by atoms with Gasteiger partial charge in [-0.25, -0.2) is 4.39 Å². The van der Waals surface area contributed by atoms with E-state index >= 15 is 0 Å². The van der Waals surface area contributed by atoms with Crippen molar-refractivity contribution in [3.8, 4) is 0 Å². The van der Waals surface area contributed by atoms with E-state index in [0.717, 1.165) is 23.6 Å². The number of esters is 1. The quantitative estimate of drug-likeness (QED) is 0.633. The number of carbonyl (C=O) groups is 1. The number of benzene rings is 1. The van der Waals surface area contributed by atoms with Gasteiger partial charge in [-0.2, -0.15) is 13.2 Å². The SMILES string of the molecule is CC(=O)OCn1c(=O)ccc2cc(C(F)(F)F)c(F)cc21. The van der Waals surface area contributed by atoms with Gasteiger partial charge in [0.1, 0.15) is 5.82 Å². The molecule has 0 bridgehead atoms. The summed E-state index contributed by atoms with van der Waals surface area (Å²) in [5.41, 5.74) is -2.13. The van der Waals surface area contributed by atoms with Gasteiger partial charge in [-0.3, -0.25) is 14.2 Å². The summed E-state index contributed by atoms with van der Waals surface area (Å²) in [6.07, 6.45) is -4.84. The Labute approximate surface area is 115 Å². The number of hydrogen-bond acceptors (Lipinski definition) is 3. The highest BCUT2D eigenvalue weighted by Crippen LogP contribution is 2.33. The van der Waals surface area contributed by atoms with Gasteiger partial charge in [-0.1, -0.05) is 0 Å². The largest absolute Gasteiger partial charge is 0.444 e. The van der Waals surface area contributed by atoms with E-state index < -0.39 is 35.8 Å². The molecule has 0 aliphatic rings. The number of alkyl halides is 3. The predicted molar refractivity (Wildman–Crippen MR) is 64.9 cm³/mol. The van der Waals surface area contributed by atoms with Crippen LogP contribution >= 0.6 is 0 Å². The normalized spacial score (nSPS) is 11.7. The molecule has 0 fully saturated rings. The molecule has 8 heteroatoms. The highest BCUT2D eigenvalue weighted by atomic mass is 19.4. The lowest BCUT2D eigenvalue weighted by molar-refractivity contribution is -0.144. The second-order valence-corrected chi connectivity index (χ2v) is 4.25. The molecule has 0 N–H and O–H groups in total. The minimum atomic E-state index is -4.84.